The van der Waals surface area contributed by atoms with Gasteiger partial charge in [0.2, 0.25) is 0 Å². The number of hydrogen-bond acceptors (Lipinski definition) is 6. The first-order valence-electron chi connectivity index (χ1n) is 5.55. The minimum atomic E-state index is -0.563. The minimum Gasteiger partial charge on any atom is -0.372 e. The number of nitriles is 1. The molecule has 1 atom stereocenters. The smallest absolute Gasteiger partial charge is 0.274 e. The summed E-state index contributed by atoms with van der Waals surface area (Å²) in [5.74, 6) is 0.372. The van der Waals surface area contributed by atoms with Crippen LogP contribution in [0.3, 0.4) is 0 Å². The first kappa shape index (κ1) is 12.3. The van der Waals surface area contributed by atoms with E-state index in [1.54, 1.807) is 11.9 Å². The highest BCUT2D eigenvalue weighted by Crippen LogP contribution is 2.09. The van der Waals surface area contributed by atoms with Gasteiger partial charge in [-0.25, -0.2) is 9.97 Å². The molecule has 0 bridgehead atoms. The monoisotopic (exact) mass is 247 g/mol. The van der Waals surface area contributed by atoms with Crippen molar-refractivity contribution in [3.05, 3.63) is 18.1 Å². The Kier molecular flexibility index (Phi) is 3.69. The molecule has 1 aliphatic rings. The van der Waals surface area contributed by atoms with Gasteiger partial charge in [-0.05, 0) is 0 Å². The molecule has 1 aromatic rings. The summed E-state index contributed by atoms with van der Waals surface area (Å²) in [6, 6.07) is 2.00. The van der Waals surface area contributed by atoms with Crippen molar-refractivity contribution in [2.45, 2.75) is 6.10 Å². The number of hydrogen-bond donors (Lipinski definition) is 1. The molecular formula is C11H13N5O2. The van der Waals surface area contributed by atoms with E-state index in [4.69, 9.17) is 10.00 Å². The molecule has 0 aromatic carbocycles. The number of morpholine rings is 1. The summed E-state index contributed by atoms with van der Waals surface area (Å²) in [6.45, 7) is 1.10. The summed E-state index contributed by atoms with van der Waals surface area (Å²) in [5, 5.41) is 11.6. The molecule has 1 saturated heterocycles. The molecule has 1 unspecified atom stereocenters. The van der Waals surface area contributed by atoms with Crippen LogP contribution in [0.2, 0.25) is 0 Å². The third-order valence-electron chi connectivity index (χ3n) is 2.62. The van der Waals surface area contributed by atoms with E-state index in [-0.39, 0.29) is 18.1 Å². The highest BCUT2D eigenvalue weighted by atomic mass is 16.5. The van der Waals surface area contributed by atoms with Gasteiger partial charge in [-0.1, -0.05) is 0 Å². The van der Waals surface area contributed by atoms with E-state index in [0.717, 1.165) is 0 Å². The second-order valence-corrected chi connectivity index (χ2v) is 3.78. The van der Waals surface area contributed by atoms with Crippen LogP contribution in [0, 0.1) is 11.3 Å². The Morgan fingerprint density at radius 3 is 3.06 bits per heavy atom. The Morgan fingerprint density at radius 2 is 2.44 bits per heavy atom. The molecule has 1 fully saturated rings. The number of nitrogens with one attached hydrogen (secondary N) is 1. The molecule has 1 aromatic heterocycles. The minimum absolute atomic E-state index is 0.228. The zero-order valence-electron chi connectivity index (χ0n) is 9.96. The lowest BCUT2D eigenvalue weighted by Crippen LogP contribution is -2.45. The molecule has 1 amide bonds. The number of nitrogens with zero attached hydrogens (tertiary/aromatic N) is 4. The van der Waals surface area contributed by atoms with Crippen LogP contribution in [0.1, 0.15) is 10.5 Å². The normalized spacial score (nSPS) is 19.1. The molecule has 2 rings (SSSR count). The van der Waals surface area contributed by atoms with Crippen molar-refractivity contribution >= 4 is 11.7 Å². The molecule has 0 aliphatic carbocycles. The topological polar surface area (TPSA) is 91.1 Å². The lowest BCUT2D eigenvalue weighted by atomic mass is 10.2. The van der Waals surface area contributed by atoms with Crippen LogP contribution in [0.25, 0.3) is 0 Å². The van der Waals surface area contributed by atoms with E-state index < -0.39 is 6.10 Å². The standard InChI is InChI=1S/C11H13N5O2/c1-13-10-6-14-9(5-15-10)11(17)16-2-3-18-8(4-12)7-16/h5-6,8H,2-3,7H2,1H3,(H,13,15). The van der Waals surface area contributed by atoms with Gasteiger partial charge in [0.1, 0.15) is 11.5 Å². The molecule has 0 radical (unpaired) electrons. The molecule has 7 heteroatoms. The fourth-order valence-corrected chi connectivity index (χ4v) is 1.64. The third-order valence-corrected chi connectivity index (χ3v) is 2.62. The molecule has 2 heterocycles. The zero-order valence-corrected chi connectivity index (χ0v) is 9.96. The Hall–Kier alpha value is -2.20. The van der Waals surface area contributed by atoms with E-state index in [2.05, 4.69) is 15.3 Å². The molecule has 1 N–H and O–H groups in total. The maximum absolute atomic E-state index is 12.1. The van der Waals surface area contributed by atoms with Crippen LogP contribution in [-0.4, -0.2) is 53.6 Å². The van der Waals surface area contributed by atoms with Crippen molar-refractivity contribution in [2.75, 3.05) is 32.1 Å². The molecule has 7 nitrogen and oxygen atoms in total. The van der Waals surface area contributed by atoms with Crippen LogP contribution >= 0.6 is 0 Å². The van der Waals surface area contributed by atoms with Crippen LogP contribution in [0.15, 0.2) is 12.4 Å². The van der Waals surface area contributed by atoms with E-state index in [1.807, 2.05) is 6.07 Å². The average molecular weight is 247 g/mol. The van der Waals surface area contributed by atoms with Gasteiger partial charge in [-0.2, -0.15) is 5.26 Å². The van der Waals surface area contributed by atoms with Crippen molar-refractivity contribution < 1.29 is 9.53 Å². The Morgan fingerprint density at radius 1 is 1.61 bits per heavy atom. The van der Waals surface area contributed by atoms with Gasteiger partial charge in [-0.3, -0.25) is 4.79 Å². The highest BCUT2D eigenvalue weighted by molar-refractivity contribution is 5.92. The number of ether oxygens (including phenoxy) is 1. The number of carbonyl (C=O) groups excluding carboxylic acids is 1. The fourth-order valence-electron chi connectivity index (χ4n) is 1.64. The van der Waals surface area contributed by atoms with Gasteiger partial charge in [0.05, 0.1) is 31.6 Å². The SMILES string of the molecule is CNc1cnc(C(=O)N2CCOC(C#N)C2)cn1. The number of carbonyl (C=O) groups is 1. The van der Waals surface area contributed by atoms with Gasteiger partial charge in [0.25, 0.3) is 5.91 Å². The quantitative estimate of drug-likeness (QED) is 0.783. The van der Waals surface area contributed by atoms with Gasteiger partial charge in [0, 0.05) is 13.6 Å². The summed E-state index contributed by atoms with van der Waals surface area (Å²) in [7, 11) is 1.73. The summed E-state index contributed by atoms with van der Waals surface area (Å²) >= 11 is 0. The predicted octanol–water partition coefficient (Wildman–Crippen LogP) is -0.117. The Balaban J connectivity index is 2.08. The Bertz CT molecular complexity index is 467. The number of rotatable bonds is 2. The molecule has 0 saturated carbocycles. The summed E-state index contributed by atoms with van der Waals surface area (Å²) < 4.78 is 5.18. The van der Waals surface area contributed by atoms with Crippen molar-refractivity contribution in [1.82, 2.24) is 14.9 Å². The largest absolute Gasteiger partial charge is 0.372 e. The lowest BCUT2D eigenvalue weighted by Gasteiger charge is -2.29. The van der Waals surface area contributed by atoms with Crippen molar-refractivity contribution in [3.63, 3.8) is 0 Å². The molecule has 18 heavy (non-hydrogen) atoms. The number of amides is 1. The van der Waals surface area contributed by atoms with Gasteiger partial charge >= 0.3 is 0 Å². The van der Waals surface area contributed by atoms with E-state index in [9.17, 15) is 4.79 Å². The molecule has 94 valence electrons. The first-order chi connectivity index (χ1) is 8.74. The highest BCUT2D eigenvalue weighted by Gasteiger charge is 2.25. The summed E-state index contributed by atoms with van der Waals surface area (Å²) in [4.78, 5) is 21.7. The second-order valence-electron chi connectivity index (χ2n) is 3.78. The van der Waals surface area contributed by atoms with Gasteiger partial charge < -0.3 is 15.0 Å². The fraction of sp³-hybridized carbons (Fsp3) is 0.455. The predicted molar refractivity (Wildman–Crippen MR) is 62.8 cm³/mol. The van der Waals surface area contributed by atoms with Crippen molar-refractivity contribution in [3.8, 4) is 6.07 Å². The van der Waals surface area contributed by atoms with Crippen LogP contribution in [-0.2, 0) is 4.74 Å². The van der Waals surface area contributed by atoms with E-state index in [1.165, 1.54) is 12.4 Å². The van der Waals surface area contributed by atoms with Crippen molar-refractivity contribution in [1.29, 1.82) is 5.26 Å². The number of anilines is 1. The molecule has 0 spiro atoms. The van der Waals surface area contributed by atoms with Crippen LogP contribution in [0.4, 0.5) is 5.82 Å². The maximum Gasteiger partial charge on any atom is 0.274 e. The van der Waals surface area contributed by atoms with Crippen LogP contribution < -0.4 is 5.32 Å². The average Bonchev–Trinajstić information content (AvgIpc) is 2.46. The van der Waals surface area contributed by atoms with Gasteiger partial charge in [0.15, 0.2) is 6.10 Å². The van der Waals surface area contributed by atoms with E-state index in [0.29, 0.717) is 19.0 Å². The first-order valence-corrected chi connectivity index (χ1v) is 5.55. The Labute approximate surface area is 104 Å². The number of aromatic nitrogens is 2. The zero-order chi connectivity index (χ0) is 13.0. The second kappa shape index (κ2) is 5.42. The van der Waals surface area contributed by atoms with Gasteiger partial charge in [-0.15, -0.1) is 0 Å². The van der Waals surface area contributed by atoms with Crippen LogP contribution in [0.5, 0.6) is 0 Å². The van der Waals surface area contributed by atoms with E-state index >= 15 is 0 Å². The third kappa shape index (κ3) is 2.55. The van der Waals surface area contributed by atoms with Crippen molar-refractivity contribution in [2.24, 2.45) is 0 Å². The molecular weight excluding hydrogens is 234 g/mol. The summed E-state index contributed by atoms with van der Waals surface area (Å²) in [5.41, 5.74) is 0.271. The summed E-state index contributed by atoms with van der Waals surface area (Å²) in [6.07, 6.45) is 2.35. The lowest BCUT2D eigenvalue weighted by molar-refractivity contribution is 0.00318. The maximum atomic E-state index is 12.1. The molecule has 1 aliphatic heterocycles.